The van der Waals surface area contributed by atoms with E-state index in [2.05, 4.69) is 10.1 Å². The Morgan fingerprint density at radius 1 is 1.50 bits per heavy atom. The number of hydrogen-bond acceptors (Lipinski definition) is 3. The number of alkyl halides is 3. The zero-order valence-corrected chi connectivity index (χ0v) is 9.66. The highest BCUT2D eigenvalue weighted by molar-refractivity contribution is 5.85. The summed E-state index contributed by atoms with van der Waals surface area (Å²) in [7, 11) is 0. The molecule has 0 rings (SSSR count). The second-order valence-corrected chi connectivity index (χ2v) is 3.14. The zero-order valence-electron chi connectivity index (χ0n) is 8.84. The van der Waals surface area contributed by atoms with Crippen LogP contribution in [0.3, 0.4) is 0 Å². The number of amides is 1. The Morgan fingerprint density at radius 2 is 2.06 bits per heavy atom. The minimum atomic E-state index is -4.33. The highest BCUT2D eigenvalue weighted by Crippen LogP contribution is 2.14. The van der Waals surface area contributed by atoms with Gasteiger partial charge in [-0.05, 0) is 6.92 Å². The quantitative estimate of drug-likeness (QED) is 0.747. The van der Waals surface area contributed by atoms with Crippen LogP contribution < -0.4 is 11.1 Å². The van der Waals surface area contributed by atoms with E-state index in [1.165, 1.54) is 0 Å². The molecule has 0 radical (unpaired) electrons. The lowest BCUT2D eigenvalue weighted by atomic mass is 10.3. The summed E-state index contributed by atoms with van der Waals surface area (Å²) in [5.41, 5.74) is 5.12. The Balaban J connectivity index is 0. The van der Waals surface area contributed by atoms with Crippen LogP contribution in [-0.4, -0.2) is 37.9 Å². The van der Waals surface area contributed by atoms with Gasteiger partial charge in [-0.2, -0.15) is 13.2 Å². The topological polar surface area (TPSA) is 64.3 Å². The summed E-state index contributed by atoms with van der Waals surface area (Å²) in [6.07, 6.45) is -4.18. The molecule has 0 aromatic heterocycles. The van der Waals surface area contributed by atoms with Gasteiger partial charge in [0.2, 0.25) is 5.91 Å². The van der Waals surface area contributed by atoms with Crippen LogP contribution >= 0.6 is 12.4 Å². The third-order valence-electron chi connectivity index (χ3n) is 1.41. The molecule has 1 amide bonds. The molecule has 0 aliphatic heterocycles. The molecule has 0 spiro atoms. The van der Waals surface area contributed by atoms with Crippen molar-refractivity contribution in [3.63, 3.8) is 0 Å². The average molecular weight is 265 g/mol. The van der Waals surface area contributed by atoms with Gasteiger partial charge in [0.25, 0.3) is 0 Å². The Kier molecular flexibility index (Phi) is 9.60. The second kappa shape index (κ2) is 8.60. The fourth-order valence-electron chi connectivity index (χ4n) is 0.871. The molecule has 3 N–H and O–H groups in total. The first-order valence-corrected chi connectivity index (χ1v) is 4.49. The van der Waals surface area contributed by atoms with Gasteiger partial charge >= 0.3 is 6.18 Å². The number of carbonyl (C=O) groups excluding carboxylic acids is 1. The maximum Gasteiger partial charge on any atom is 0.411 e. The SMILES string of the molecule is CC(COCC(F)(F)F)NC(=O)CCN.Cl. The van der Waals surface area contributed by atoms with Crippen LogP contribution in [0.1, 0.15) is 13.3 Å². The van der Waals surface area contributed by atoms with Crippen LogP contribution in [0.2, 0.25) is 0 Å². The van der Waals surface area contributed by atoms with E-state index < -0.39 is 18.8 Å². The summed E-state index contributed by atoms with van der Waals surface area (Å²) in [4.78, 5) is 10.9. The molecule has 0 aliphatic carbocycles. The predicted molar refractivity (Wildman–Crippen MR) is 55.4 cm³/mol. The summed E-state index contributed by atoms with van der Waals surface area (Å²) >= 11 is 0. The van der Waals surface area contributed by atoms with E-state index in [1.807, 2.05) is 0 Å². The molecule has 0 saturated heterocycles. The molecule has 98 valence electrons. The van der Waals surface area contributed by atoms with E-state index in [1.54, 1.807) is 6.92 Å². The monoisotopic (exact) mass is 264 g/mol. The first-order valence-electron chi connectivity index (χ1n) is 4.49. The Morgan fingerprint density at radius 3 is 2.50 bits per heavy atom. The smallest absolute Gasteiger partial charge is 0.370 e. The third kappa shape index (κ3) is 11.5. The molecule has 0 aromatic rings. The largest absolute Gasteiger partial charge is 0.411 e. The Labute approximate surface area is 98.1 Å². The van der Waals surface area contributed by atoms with Crippen molar-refractivity contribution in [2.24, 2.45) is 5.73 Å². The molecule has 0 heterocycles. The van der Waals surface area contributed by atoms with Crippen LogP contribution in [0.25, 0.3) is 0 Å². The van der Waals surface area contributed by atoms with Gasteiger partial charge in [-0.15, -0.1) is 12.4 Å². The van der Waals surface area contributed by atoms with E-state index in [0.717, 1.165) is 0 Å². The number of hydrogen-bond donors (Lipinski definition) is 2. The van der Waals surface area contributed by atoms with Crippen molar-refractivity contribution in [1.82, 2.24) is 5.32 Å². The number of rotatable bonds is 6. The fourth-order valence-corrected chi connectivity index (χ4v) is 0.871. The average Bonchev–Trinajstić information content (AvgIpc) is 2.01. The highest BCUT2D eigenvalue weighted by Gasteiger charge is 2.27. The molecule has 0 saturated carbocycles. The van der Waals surface area contributed by atoms with Gasteiger partial charge in [0.05, 0.1) is 6.61 Å². The number of nitrogens with two attached hydrogens (primary N) is 1. The first-order chi connectivity index (χ1) is 6.85. The Hall–Kier alpha value is -0.530. The molecule has 0 bridgehead atoms. The second-order valence-electron chi connectivity index (χ2n) is 3.14. The summed E-state index contributed by atoms with van der Waals surface area (Å²) < 4.78 is 39.3. The normalized spacial score (nSPS) is 12.8. The van der Waals surface area contributed by atoms with Gasteiger partial charge in [0.15, 0.2) is 0 Å². The first kappa shape index (κ1) is 17.9. The summed E-state index contributed by atoms with van der Waals surface area (Å²) in [5.74, 6) is -0.291. The van der Waals surface area contributed by atoms with Gasteiger partial charge in [-0.25, -0.2) is 0 Å². The molecule has 0 fully saturated rings. The number of ether oxygens (including phenoxy) is 1. The van der Waals surface area contributed by atoms with E-state index >= 15 is 0 Å². The van der Waals surface area contributed by atoms with Crippen molar-refractivity contribution in [2.45, 2.75) is 25.6 Å². The van der Waals surface area contributed by atoms with Crippen LogP contribution in [0, 0.1) is 0 Å². The van der Waals surface area contributed by atoms with E-state index in [9.17, 15) is 18.0 Å². The van der Waals surface area contributed by atoms with Crippen molar-refractivity contribution >= 4 is 18.3 Å². The number of halogens is 4. The van der Waals surface area contributed by atoms with Crippen molar-refractivity contribution < 1.29 is 22.7 Å². The lowest BCUT2D eigenvalue weighted by Gasteiger charge is -2.14. The van der Waals surface area contributed by atoms with E-state index in [4.69, 9.17) is 5.73 Å². The van der Waals surface area contributed by atoms with Gasteiger partial charge in [-0.1, -0.05) is 0 Å². The minimum absolute atomic E-state index is 0. The molecule has 0 aliphatic rings. The highest BCUT2D eigenvalue weighted by atomic mass is 35.5. The third-order valence-corrected chi connectivity index (χ3v) is 1.41. The summed E-state index contributed by atoms with van der Waals surface area (Å²) in [6.45, 7) is 0.298. The van der Waals surface area contributed by atoms with E-state index in [0.29, 0.717) is 0 Å². The van der Waals surface area contributed by atoms with Crippen LogP contribution in [0.4, 0.5) is 13.2 Å². The predicted octanol–water partition coefficient (Wildman–Crippen LogP) is 0.841. The van der Waals surface area contributed by atoms with Crippen molar-refractivity contribution in [3.05, 3.63) is 0 Å². The van der Waals surface area contributed by atoms with E-state index in [-0.39, 0.29) is 37.9 Å². The maximum absolute atomic E-state index is 11.7. The summed E-state index contributed by atoms with van der Waals surface area (Å²) in [6, 6.07) is -0.452. The molecule has 0 aromatic carbocycles. The summed E-state index contributed by atoms with van der Waals surface area (Å²) in [5, 5.41) is 2.46. The van der Waals surface area contributed by atoms with Gasteiger partial charge in [0, 0.05) is 19.0 Å². The number of nitrogens with one attached hydrogen (secondary N) is 1. The van der Waals surface area contributed by atoms with Crippen molar-refractivity contribution in [2.75, 3.05) is 19.8 Å². The standard InChI is InChI=1S/C8H15F3N2O2.ClH/c1-6(13-7(14)2-3-12)4-15-5-8(9,10)11;/h6H,2-5,12H2,1H3,(H,13,14);1H. The molecule has 8 heteroatoms. The lowest BCUT2D eigenvalue weighted by molar-refractivity contribution is -0.175. The molecule has 4 nitrogen and oxygen atoms in total. The van der Waals surface area contributed by atoms with Gasteiger partial charge in [-0.3, -0.25) is 4.79 Å². The molecular weight excluding hydrogens is 249 g/mol. The number of carbonyl (C=O) groups is 1. The van der Waals surface area contributed by atoms with Crippen LogP contribution in [0.5, 0.6) is 0 Å². The van der Waals surface area contributed by atoms with Crippen LogP contribution in [0.15, 0.2) is 0 Å². The van der Waals surface area contributed by atoms with Crippen molar-refractivity contribution in [3.8, 4) is 0 Å². The lowest BCUT2D eigenvalue weighted by Crippen LogP contribution is -2.37. The zero-order chi connectivity index (χ0) is 11.9. The Bertz CT molecular complexity index is 202. The van der Waals surface area contributed by atoms with Gasteiger partial charge in [0.1, 0.15) is 6.61 Å². The molecule has 1 atom stereocenters. The maximum atomic E-state index is 11.7. The van der Waals surface area contributed by atoms with Crippen molar-refractivity contribution in [1.29, 1.82) is 0 Å². The molecule has 1 unspecified atom stereocenters. The fraction of sp³-hybridized carbons (Fsp3) is 0.875. The molecular formula is C8H16ClF3N2O2. The minimum Gasteiger partial charge on any atom is -0.370 e. The van der Waals surface area contributed by atoms with Gasteiger partial charge < -0.3 is 15.8 Å². The molecule has 16 heavy (non-hydrogen) atoms. The van der Waals surface area contributed by atoms with Crippen LogP contribution in [-0.2, 0) is 9.53 Å².